The summed E-state index contributed by atoms with van der Waals surface area (Å²) in [6.45, 7) is 10.2. The molecule has 12 heavy (non-hydrogen) atoms. The summed E-state index contributed by atoms with van der Waals surface area (Å²) in [4.78, 5) is 11.2. The van der Waals surface area contributed by atoms with Crippen LogP contribution >= 0.6 is 0 Å². The molecule has 72 valence electrons. The van der Waals surface area contributed by atoms with E-state index in [1.165, 1.54) is 0 Å². The summed E-state index contributed by atoms with van der Waals surface area (Å²) in [7, 11) is 0. The first-order valence-electron chi connectivity index (χ1n) is 4.73. The molecule has 0 saturated carbocycles. The molecule has 1 amide bonds. The average Bonchev–Trinajstić information content (AvgIpc) is 1.84. The number of hydrogen-bond donors (Lipinski definition) is 1. The van der Waals surface area contributed by atoms with Crippen LogP contribution in [0.2, 0.25) is 0 Å². The van der Waals surface area contributed by atoms with Crippen LogP contribution in [0, 0.1) is 11.8 Å². The summed E-state index contributed by atoms with van der Waals surface area (Å²) in [5, 5.41) is 2.97. The van der Waals surface area contributed by atoms with E-state index in [1.54, 1.807) is 0 Å². The van der Waals surface area contributed by atoms with Crippen LogP contribution < -0.4 is 5.32 Å². The molecule has 0 aliphatic carbocycles. The maximum absolute atomic E-state index is 11.2. The Hall–Kier alpha value is -0.530. The molecule has 0 spiro atoms. The molecule has 2 nitrogen and oxygen atoms in total. The Bertz CT molecular complexity index is 141. The lowest BCUT2D eigenvalue weighted by Crippen LogP contribution is -2.36. The van der Waals surface area contributed by atoms with Crippen molar-refractivity contribution in [1.29, 1.82) is 0 Å². The first-order chi connectivity index (χ1) is 5.43. The number of amides is 1. The van der Waals surface area contributed by atoms with Crippen molar-refractivity contribution in [2.24, 2.45) is 11.8 Å². The summed E-state index contributed by atoms with van der Waals surface area (Å²) in [6.07, 6.45) is 1.05. The standard InChI is InChI=1S/C10H21NO/c1-7(2)6-9(5)11-10(12)8(3)4/h7-9H,6H2,1-5H3,(H,11,12). The Balaban J connectivity index is 3.69. The van der Waals surface area contributed by atoms with Crippen LogP contribution in [0.3, 0.4) is 0 Å². The first kappa shape index (κ1) is 11.5. The second-order valence-corrected chi connectivity index (χ2v) is 4.19. The van der Waals surface area contributed by atoms with Gasteiger partial charge in [-0.15, -0.1) is 0 Å². The highest BCUT2D eigenvalue weighted by molar-refractivity contribution is 5.78. The third kappa shape index (κ3) is 5.16. The zero-order chi connectivity index (χ0) is 9.72. The van der Waals surface area contributed by atoms with E-state index in [1.807, 2.05) is 13.8 Å². The number of carbonyl (C=O) groups excluding carboxylic acids is 1. The summed E-state index contributed by atoms with van der Waals surface area (Å²) in [5.41, 5.74) is 0. The molecule has 1 unspecified atom stereocenters. The van der Waals surface area contributed by atoms with Crippen molar-refractivity contribution in [3.8, 4) is 0 Å². The van der Waals surface area contributed by atoms with Gasteiger partial charge in [-0.2, -0.15) is 0 Å². The lowest BCUT2D eigenvalue weighted by molar-refractivity contribution is -0.124. The maximum atomic E-state index is 11.2. The fraction of sp³-hybridized carbons (Fsp3) is 0.900. The molecule has 0 aromatic rings. The van der Waals surface area contributed by atoms with Crippen molar-refractivity contribution in [2.45, 2.75) is 47.1 Å². The zero-order valence-corrected chi connectivity index (χ0v) is 8.85. The van der Waals surface area contributed by atoms with Crippen molar-refractivity contribution in [1.82, 2.24) is 5.32 Å². The fourth-order valence-corrected chi connectivity index (χ4v) is 1.18. The van der Waals surface area contributed by atoms with Crippen LogP contribution in [0.25, 0.3) is 0 Å². The van der Waals surface area contributed by atoms with E-state index in [0.29, 0.717) is 12.0 Å². The van der Waals surface area contributed by atoms with Crippen LogP contribution in [-0.4, -0.2) is 11.9 Å². The minimum Gasteiger partial charge on any atom is -0.353 e. The van der Waals surface area contributed by atoms with E-state index in [9.17, 15) is 4.79 Å². The molecule has 0 aromatic heterocycles. The second kappa shape index (κ2) is 5.18. The van der Waals surface area contributed by atoms with Gasteiger partial charge in [0.2, 0.25) is 5.91 Å². The maximum Gasteiger partial charge on any atom is 0.222 e. The average molecular weight is 171 g/mol. The summed E-state index contributed by atoms with van der Waals surface area (Å²) < 4.78 is 0. The molecule has 1 N–H and O–H groups in total. The highest BCUT2D eigenvalue weighted by Gasteiger charge is 2.11. The third-order valence-electron chi connectivity index (χ3n) is 1.74. The van der Waals surface area contributed by atoms with E-state index < -0.39 is 0 Å². The molecular weight excluding hydrogens is 150 g/mol. The minimum atomic E-state index is 0.0969. The van der Waals surface area contributed by atoms with Gasteiger partial charge in [0, 0.05) is 12.0 Å². The van der Waals surface area contributed by atoms with Crippen molar-refractivity contribution >= 4 is 5.91 Å². The molecule has 0 aliphatic rings. The van der Waals surface area contributed by atoms with E-state index in [2.05, 4.69) is 26.1 Å². The van der Waals surface area contributed by atoms with Crippen molar-refractivity contribution in [2.75, 3.05) is 0 Å². The quantitative estimate of drug-likeness (QED) is 0.690. The molecule has 0 aromatic carbocycles. The molecule has 0 fully saturated rings. The van der Waals surface area contributed by atoms with Crippen LogP contribution in [0.4, 0.5) is 0 Å². The number of nitrogens with one attached hydrogen (secondary N) is 1. The molecule has 0 rings (SSSR count). The van der Waals surface area contributed by atoms with Gasteiger partial charge in [-0.1, -0.05) is 27.7 Å². The van der Waals surface area contributed by atoms with Crippen molar-refractivity contribution in [3.63, 3.8) is 0 Å². The van der Waals surface area contributed by atoms with Crippen LogP contribution in [0.1, 0.15) is 41.0 Å². The van der Waals surface area contributed by atoms with E-state index >= 15 is 0 Å². The Morgan fingerprint density at radius 2 is 1.67 bits per heavy atom. The van der Waals surface area contributed by atoms with Crippen molar-refractivity contribution < 1.29 is 4.79 Å². The number of carbonyl (C=O) groups is 1. The predicted molar refractivity (Wildman–Crippen MR) is 51.9 cm³/mol. The largest absolute Gasteiger partial charge is 0.353 e. The molecular formula is C10H21NO. The predicted octanol–water partition coefficient (Wildman–Crippen LogP) is 2.19. The molecule has 0 bridgehead atoms. The Kier molecular flexibility index (Phi) is 4.95. The van der Waals surface area contributed by atoms with Gasteiger partial charge in [0.1, 0.15) is 0 Å². The molecule has 0 radical (unpaired) electrons. The summed E-state index contributed by atoms with van der Waals surface area (Å²) in [5.74, 6) is 0.898. The smallest absolute Gasteiger partial charge is 0.222 e. The normalized spacial score (nSPS) is 13.6. The van der Waals surface area contributed by atoms with Gasteiger partial charge < -0.3 is 5.32 Å². The molecule has 2 heteroatoms. The molecule has 0 saturated heterocycles. The van der Waals surface area contributed by atoms with E-state index in [-0.39, 0.29) is 11.8 Å². The zero-order valence-electron chi connectivity index (χ0n) is 8.85. The van der Waals surface area contributed by atoms with Gasteiger partial charge in [-0.25, -0.2) is 0 Å². The minimum absolute atomic E-state index is 0.0969. The number of hydrogen-bond acceptors (Lipinski definition) is 1. The second-order valence-electron chi connectivity index (χ2n) is 4.19. The van der Waals surface area contributed by atoms with Crippen LogP contribution in [-0.2, 0) is 4.79 Å². The van der Waals surface area contributed by atoms with Gasteiger partial charge >= 0.3 is 0 Å². The fourth-order valence-electron chi connectivity index (χ4n) is 1.18. The van der Waals surface area contributed by atoms with E-state index in [4.69, 9.17) is 0 Å². The highest BCUT2D eigenvalue weighted by Crippen LogP contribution is 2.04. The lowest BCUT2D eigenvalue weighted by Gasteiger charge is -2.17. The van der Waals surface area contributed by atoms with Gasteiger partial charge in [-0.05, 0) is 19.3 Å². The van der Waals surface area contributed by atoms with Gasteiger partial charge in [0.15, 0.2) is 0 Å². The Morgan fingerprint density at radius 1 is 1.17 bits per heavy atom. The monoisotopic (exact) mass is 171 g/mol. The summed E-state index contributed by atoms with van der Waals surface area (Å²) >= 11 is 0. The van der Waals surface area contributed by atoms with Crippen LogP contribution in [0.15, 0.2) is 0 Å². The lowest BCUT2D eigenvalue weighted by atomic mass is 10.0. The summed E-state index contributed by atoms with van der Waals surface area (Å²) in [6, 6.07) is 0.305. The van der Waals surface area contributed by atoms with Gasteiger partial charge in [0.25, 0.3) is 0 Å². The first-order valence-corrected chi connectivity index (χ1v) is 4.73. The van der Waals surface area contributed by atoms with E-state index in [0.717, 1.165) is 6.42 Å². The molecule has 1 atom stereocenters. The van der Waals surface area contributed by atoms with Gasteiger partial charge in [0.05, 0.1) is 0 Å². The van der Waals surface area contributed by atoms with Crippen LogP contribution in [0.5, 0.6) is 0 Å². The van der Waals surface area contributed by atoms with Gasteiger partial charge in [-0.3, -0.25) is 4.79 Å². The Morgan fingerprint density at radius 3 is 2.00 bits per heavy atom. The van der Waals surface area contributed by atoms with Crippen molar-refractivity contribution in [3.05, 3.63) is 0 Å². The third-order valence-corrected chi connectivity index (χ3v) is 1.74. The Labute approximate surface area is 75.7 Å². The number of rotatable bonds is 4. The topological polar surface area (TPSA) is 29.1 Å². The molecule has 0 heterocycles. The molecule has 0 aliphatic heterocycles. The highest BCUT2D eigenvalue weighted by atomic mass is 16.1. The SMILES string of the molecule is CC(C)CC(C)NC(=O)C(C)C.